The number of aromatic carboxylic acids is 1. The van der Waals surface area contributed by atoms with Crippen molar-refractivity contribution in [1.82, 2.24) is 10.3 Å². The Bertz CT molecular complexity index is 1440. The van der Waals surface area contributed by atoms with E-state index in [9.17, 15) is 14.7 Å². The fourth-order valence-electron chi connectivity index (χ4n) is 4.95. The molecule has 0 radical (unpaired) electrons. The number of halogens is 1. The molecule has 3 aromatic rings. The van der Waals surface area contributed by atoms with Crippen LogP contribution in [-0.4, -0.2) is 53.6 Å². The van der Waals surface area contributed by atoms with E-state index in [0.29, 0.717) is 11.0 Å². The maximum atomic E-state index is 12.9. The van der Waals surface area contributed by atoms with Crippen LogP contribution in [0.15, 0.2) is 66.1 Å². The topological polar surface area (TPSA) is 107 Å². The maximum absolute atomic E-state index is 12.9. The van der Waals surface area contributed by atoms with Gasteiger partial charge in [-0.25, -0.2) is 14.6 Å². The van der Waals surface area contributed by atoms with Crippen molar-refractivity contribution >= 4 is 36.9 Å². The zero-order chi connectivity index (χ0) is 28.7. The van der Waals surface area contributed by atoms with Crippen LogP contribution in [0.25, 0.3) is 17.2 Å². The van der Waals surface area contributed by atoms with Crippen molar-refractivity contribution in [3.8, 4) is 11.1 Å². The number of pyridine rings is 1. The van der Waals surface area contributed by atoms with E-state index in [1.807, 2.05) is 52.0 Å². The number of carboxylic acid groups (broad SMARTS) is 1. The first kappa shape index (κ1) is 27.9. The molecule has 2 heterocycles. The second kappa shape index (κ2) is 10.7. The van der Waals surface area contributed by atoms with Crippen LogP contribution < -0.4 is 5.32 Å². The minimum atomic E-state index is -1.23. The monoisotopic (exact) mass is 560 g/mol. The summed E-state index contributed by atoms with van der Waals surface area (Å²) >= 11 is 5.94. The zero-order valence-electron chi connectivity index (χ0n) is 22.7. The van der Waals surface area contributed by atoms with E-state index in [1.165, 1.54) is 6.07 Å². The van der Waals surface area contributed by atoms with Crippen molar-refractivity contribution in [3.63, 3.8) is 0 Å². The van der Waals surface area contributed by atoms with Crippen LogP contribution in [-0.2, 0) is 14.0 Å². The van der Waals surface area contributed by atoms with Gasteiger partial charge in [-0.1, -0.05) is 66.2 Å². The minimum Gasteiger partial charge on any atom is -0.476 e. The molecule has 0 spiro atoms. The normalized spacial score (nSPS) is 17.3. The number of carboxylic acids is 1. The van der Waals surface area contributed by atoms with Crippen molar-refractivity contribution < 1.29 is 28.7 Å². The smallest absolute Gasteiger partial charge is 0.476 e. The third-order valence-corrected chi connectivity index (χ3v) is 7.98. The van der Waals surface area contributed by atoms with Gasteiger partial charge in [-0.15, -0.1) is 0 Å². The molecule has 1 aromatic heterocycles. The highest BCUT2D eigenvalue weighted by Crippen LogP contribution is 2.44. The molecule has 1 aliphatic carbocycles. The van der Waals surface area contributed by atoms with Crippen LogP contribution >= 0.6 is 11.6 Å². The van der Waals surface area contributed by atoms with Crippen LogP contribution in [0, 0.1) is 0 Å². The number of alkyl carbamates (subject to hydrolysis) is 1. The lowest BCUT2D eigenvalue weighted by Gasteiger charge is -2.32. The molecule has 40 heavy (non-hydrogen) atoms. The van der Waals surface area contributed by atoms with Gasteiger partial charge in [0.25, 0.3) is 0 Å². The van der Waals surface area contributed by atoms with Gasteiger partial charge in [0.05, 0.1) is 11.2 Å². The maximum Gasteiger partial charge on any atom is 0.492 e. The Labute approximate surface area is 238 Å². The van der Waals surface area contributed by atoms with Gasteiger partial charge in [0.1, 0.15) is 11.8 Å². The third-order valence-electron chi connectivity index (χ3n) is 7.77. The van der Waals surface area contributed by atoms with Gasteiger partial charge in [0.15, 0.2) is 5.69 Å². The number of carbonyl (C=O) groups excluding carboxylic acids is 1. The predicted octanol–water partition coefficient (Wildman–Crippen LogP) is 5.99. The van der Waals surface area contributed by atoms with E-state index in [2.05, 4.69) is 34.6 Å². The zero-order valence-corrected chi connectivity index (χ0v) is 23.5. The number of rotatable bonds is 7. The Morgan fingerprint density at radius 3 is 2.15 bits per heavy atom. The summed E-state index contributed by atoms with van der Waals surface area (Å²) in [5.74, 6) is -1.30. The highest BCUT2D eigenvalue weighted by Gasteiger charge is 2.52. The number of benzene rings is 2. The van der Waals surface area contributed by atoms with Crippen molar-refractivity contribution in [2.24, 2.45) is 0 Å². The Morgan fingerprint density at radius 1 is 1.00 bits per heavy atom. The SMILES string of the molecule is CC1(C)OB(C(=Cc2ccc(Cl)nc2C(=O)O)CNC(=O)OCC2c3ccccc3-c3ccccc32)OC1(C)C. The summed E-state index contributed by atoms with van der Waals surface area (Å²) in [5.41, 5.74) is 3.81. The molecule has 2 N–H and O–H groups in total. The number of hydrogen-bond acceptors (Lipinski definition) is 6. The molecule has 1 saturated heterocycles. The number of aromatic nitrogens is 1. The van der Waals surface area contributed by atoms with Crippen molar-refractivity contribution in [3.05, 3.63) is 93.7 Å². The summed E-state index contributed by atoms with van der Waals surface area (Å²) in [7, 11) is -0.837. The number of nitrogens with one attached hydrogen (secondary N) is 1. The first-order valence-corrected chi connectivity index (χ1v) is 13.4. The molecular weight excluding hydrogens is 531 g/mol. The van der Waals surface area contributed by atoms with E-state index in [1.54, 1.807) is 12.1 Å². The van der Waals surface area contributed by atoms with Crippen molar-refractivity contribution in [2.45, 2.75) is 44.8 Å². The first-order chi connectivity index (χ1) is 19.0. The Morgan fingerprint density at radius 2 is 1.57 bits per heavy atom. The van der Waals surface area contributed by atoms with Gasteiger partial charge < -0.3 is 24.5 Å². The Hall–Kier alpha value is -3.66. The van der Waals surface area contributed by atoms with Gasteiger partial charge >= 0.3 is 19.2 Å². The molecule has 10 heteroatoms. The summed E-state index contributed by atoms with van der Waals surface area (Å²) in [4.78, 5) is 28.7. The largest absolute Gasteiger partial charge is 0.492 e. The van der Waals surface area contributed by atoms with Crippen LogP contribution in [0.2, 0.25) is 5.15 Å². The highest BCUT2D eigenvalue weighted by atomic mass is 35.5. The molecule has 0 atom stereocenters. The molecule has 1 amide bonds. The number of amides is 1. The number of carbonyl (C=O) groups is 2. The van der Waals surface area contributed by atoms with Gasteiger partial charge in [-0.05, 0) is 67.6 Å². The number of fused-ring (bicyclic) bond motifs is 3. The van der Waals surface area contributed by atoms with Crippen LogP contribution in [0.4, 0.5) is 4.79 Å². The summed E-state index contributed by atoms with van der Waals surface area (Å²) in [6.45, 7) is 7.81. The summed E-state index contributed by atoms with van der Waals surface area (Å²) in [5, 5.41) is 12.5. The van der Waals surface area contributed by atoms with Crippen LogP contribution in [0.3, 0.4) is 0 Å². The third kappa shape index (κ3) is 5.37. The standard InChI is InChI=1S/C30H30BClN2O6/c1-29(2)30(3,4)40-31(39-29)19(15-18-13-14-25(32)34-26(18)27(35)36)16-33-28(37)38-17-24-22-11-7-5-9-20(22)21-10-6-8-12-23(21)24/h5-15,24H,16-17H2,1-4H3,(H,33,37)(H,35,36). The first-order valence-electron chi connectivity index (χ1n) is 13.0. The average Bonchev–Trinajstić information content (AvgIpc) is 3.34. The van der Waals surface area contributed by atoms with Crippen molar-refractivity contribution in [1.29, 1.82) is 0 Å². The molecular formula is C30H30BClN2O6. The van der Waals surface area contributed by atoms with Crippen LogP contribution in [0.1, 0.15) is 60.8 Å². The second-order valence-corrected chi connectivity index (χ2v) is 11.3. The van der Waals surface area contributed by atoms with Gasteiger partial charge in [-0.3, -0.25) is 0 Å². The predicted molar refractivity (Wildman–Crippen MR) is 153 cm³/mol. The molecule has 0 unspecified atom stereocenters. The average molecular weight is 561 g/mol. The van der Waals surface area contributed by atoms with E-state index in [-0.39, 0.29) is 29.9 Å². The van der Waals surface area contributed by atoms with Gasteiger partial charge in [0, 0.05) is 18.0 Å². The Kier molecular flexibility index (Phi) is 7.48. The molecule has 206 valence electrons. The van der Waals surface area contributed by atoms with E-state index >= 15 is 0 Å². The van der Waals surface area contributed by atoms with Gasteiger partial charge in [0.2, 0.25) is 0 Å². The molecule has 0 bridgehead atoms. The molecule has 1 aliphatic heterocycles. The number of hydrogen-bond donors (Lipinski definition) is 2. The van der Waals surface area contributed by atoms with Crippen molar-refractivity contribution in [2.75, 3.05) is 13.2 Å². The summed E-state index contributed by atoms with van der Waals surface area (Å²) in [6, 6.07) is 19.3. The van der Waals surface area contributed by atoms with Crippen LogP contribution in [0.5, 0.6) is 0 Å². The van der Waals surface area contributed by atoms with E-state index in [0.717, 1.165) is 22.3 Å². The molecule has 5 rings (SSSR count). The minimum absolute atomic E-state index is 0.00478. The Balaban J connectivity index is 1.34. The molecule has 0 saturated carbocycles. The lowest BCUT2D eigenvalue weighted by molar-refractivity contribution is 0.00578. The highest BCUT2D eigenvalue weighted by molar-refractivity contribution is 6.56. The number of ether oxygens (including phenoxy) is 1. The fourth-order valence-corrected chi connectivity index (χ4v) is 5.10. The number of nitrogens with zero attached hydrogens (tertiary/aromatic N) is 1. The molecule has 1 fully saturated rings. The lowest BCUT2D eigenvalue weighted by atomic mass is 9.77. The van der Waals surface area contributed by atoms with Gasteiger partial charge in [-0.2, -0.15) is 0 Å². The quantitative estimate of drug-likeness (QED) is 0.270. The van der Waals surface area contributed by atoms with E-state index < -0.39 is 30.4 Å². The second-order valence-electron chi connectivity index (χ2n) is 10.9. The summed E-state index contributed by atoms with van der Waals surface area (Å²) in [6.07, 6.45) is 0.982. The molecule has 8 nitrogen and oxygen atoms in total. The molecule has 2 aromatic carbocycles. The molecule has 2 aliphatic rings. The van der Waals surface area contributed by atoms with E-state index in [4.69, 9.17) is 25.6 Å². The fraction of sp³-hybridized carbons (Fsp3) is 0.300. The lowest BCUT2D eigenvalue weighted by Crippen LogP contribution is -2.41. The summed E-state index contributed by atoms with van der Waals surface area (Å²) < 4.78 is 18.1.